The van der Waals surface area contributed by atoms with Crippen molar-refractivity contribution in [2.45, 2.75) is 59.2 Å². The molecule has 1 N–H and O–H groups in total. The number of nitrogens with one attached hydrogen (secondary N) is 1. The van der Waals surface area contributed by atoms with Gasteiger partial charge in [0.05, 0.1) is 16.7 Å². The third-order valence-electron chi connectivity index (χ3n) is 4.86. The maximum atomic E-state index is 12.8. The minimum Gasteiger partial charge on any atom is -0.479 e. The van der Waals surface area contributed by atoms with Crippen LogP contribution in [0, 0.1) is 5.92 Å². The fraction of sp³-hybridized carbons (Fsp3) is 0.455. The van der Waals surface area contributed by atoms with E-state index in [1.807, 2.05) is 13.8 Å². The first-order chi connectivity index (χ1) is 14.2. The molecule has 8 heteroatoms. The number of carbonyl (C=O) groups is 2. The second-order valence-corrected chi connectivity index (χ2v) is 9.78. The quantitative estimate of drug-likeness (QED) is 0.515. The minimum atomic E-state index is -0.823. The molecule has 1 amide bonds. The van der Waals surface area contributed by atoms with Crippen LogP contribution in [0.3, 0.4) is 0 Å². The van der Waals surface area contributed by atoms with Crippen molar-refractivity contribution in [2.75, 3.05) is 5.32 Å². The maximum Gasteiger partial charge on any atom is 0.341 e. The first-order valence-corrected chi connectivity index (χ1v) is 11.5. The van der Waals surface area contributed by atoms with Gasteiger partial charge in [-0.15, -0.1) is 11.3 Å². The van der Waals surface area contributed by atoms with E-state index in [-0.39, 0.29) is 12.0 Å². The van der Waals surface area contributed by atoms with Gasteiger partial charge in [0.25, 0.3) is 5.91 Å². The van der Waals surface area contributed by atoms with Gasteiger partial charge in [0.1, 0.15) is 10.8 Å². The van der Waals surface area contributed by atoms with Crippen LogP contribution in [0.4, 0.5) is 5.00 Å². The lowest BCUT2D eigenvalue weighted by molar-refractivity contribution is -0.122. The zero-order valence-corrected chi connectivity index (χ0v) is 19.7. The second kappa shape index (κ2) is 9.58. The number of benzene rings is 1. The molecule has 30 heavy (non-hydrogen) atoms. The van der Waals surface area contributed by atoms with E-state index in [4.69, 9.17) is 32.7 Å². The molecule has 2 aromatic rings. The molecule has 3 rings (SSSR count). The zero-order valence-electron chi connectivity index (χ0n) is 17.4. The fourth-order valence-corrected chi connectivity index (χ4v) is 5.21. The van der Waals surface area contributed by atoms with Crippen molar-refractivity contribution in [3.63, 3.8) is 0 Å². The highest BCUT2D eigenvalue weighted by molar-refractivity contribution is 7.17. The summed E-state index contributed by atoms with van der Waals surface area (Å²) in [5.41, 5.74) is 1.47. The normalized spacial score (nSPS) is 16.7. The van der Waals surface area contributed by atoms with Gasteiger partial charge in [-0.2, -0.15) is 0 Å². The van der Waals surface area contributed by atoms with E-state index < -0.39 is 12.1 Å². The number of ether oxygens (including phenoxy) is 2. The SMILES string of the molecule is CC(C)OC(=O)c1c(NC(=O)[C@H](C)Oc2ccc(Cl)cc2Cl)sc2c1CC[C@@H](C)C2. The molecule has 1 aromatic heterocycles. The lowest BCUT2D eigenvalue weighted by Crippen LogP contribution is -2.30. The monoisotopic (exact) mass is 469 g/mol. The molecule has 0 spiro atoms. The molecule has 5 nitrogen and oxygen atoms in total. The highest BCUT2D eigenvalue weighted by atomic mass is 35.5. The Morgan fingerprint density at radius 3 is 2.63 bits per heavy atom. The molecule has 1 heterocycles. The van der Waals surface area contributed by atoms with Gasteiger partial charge >= 0.3 is 5.97 Å². The average molecular weight is 470 g/mol. The van der Waals surface area contributed by atoms with Crippen molar-refractivity contribution in [2.24, 2.45) is 5.92 Å². The number of halogens is 2. The molecule has 0 unspecified atom stereocenters. The van der Waals surface area contributed by atoms with E-state index >= 15 is 0 Å². The van der Waals surface area contributed by atoms with Crippen LogP contribution in [0.1, 0.15) is 54.9 Å². The summed E-state index contributed by atoms with van der Waals surface area (Å²) in [5.74, 6) is 0.137. The topological polar surface area (TPSA) is 64.6 Å². The molecule has 162 valence electrons. The zero-order chi connectivity index (χ0) is 22.0. The standard InChI is InChI=1S/C22H25Cl2NO4S/c1-11(2)28-22(27)19-15-7-5-12(3)9-18(15)30-21(19)25-20(26)13(4)29-17-8-6-14(23)10-16(17)24/h6,8,10-13H,5,7,9H2,1-4H3,(H,25,26)/t12-,13+/m1/s1. The summed E-state index contributed by atoms with van der Waals surface area (Å²) < 4.78 is 11.2. The van der Waals surface area contributed by atoms with Crippen LogP contribution in [0.2, 0.25) is 10.0 Å². The van der Waals surface area contributed by atoms with Crippen molar-refractivity contribution in [3.8, 4) is 5.75 Å². The van der Waals surface area contributed by atoms with E-state index in [1.54, 1.807) is 25.1 Å². The Labute approximate surface area is 190 Å². The number of fused-ring (bicyclic) bond motifs is 1. The molecule has 0 saturated carbocycles. The van der Waals surface area contributed by atoms with Crippen molar-refractivity contribution in [3.05, 3.63) is 44.2 Å². The summed E-state index contributed by atoms with van der Waals surface area (Å²) in [4.78, 5) is 26.7. The molecule has 0 bridgehead atoms. The van der Waals surface area contributed by atoms with Crippen LogP contribution in [-0.2, 0) is 22.4 Å². The van der Waals surface area contributed by atoms with Crippen molar-refractivity contribution in [1.82, 2.24) is 0 Å². The Hall–Kier alpha value is -1.76. The summed E-state index contributed by atoms with van der Waals surface area (Å²) in [5, 5.41) is 4.19. The number of rotatable bonds is 6. The molecule has 0 saturated heterocycles. The van der Waals surface area contributed by atoms with Gasteiger partial charge < -0.3 is 14.8 Å². The molecule has 1 aromatic carbocycles. The third kappa shape index (κ3) is 5.29. The lowest BCUT2D eigenvalue weighted by Gasteiger charge is -2.19. The van der Waals surface area contributed by atoms with Crippen LogP contribution < -0.4 is 10.1 Å². The third-order valence-corrected chi connectivity index (χ3v) is 6.56. The molecule has 0 fully saturated rings. The number of amides is 1. The second-order valence-electron chi connectivity index (χ2n) is 7.83. The van der Waals surface area contributed by atoms with Gasteiger partial charge in [-0.3, -0.25) is 4.79 Å². The highest BCUT2D eigenvalue weighted by Gasteiger charge is 2.30. The summed E-state index contributed by atoms with van der Waals surface area (Å²) in [7, 11) is 0. The van der Waals surface area contributed by atoms with E-state index in [0.29, 0.717) is 32.3 Å². The Morgan fingerprint density at radius 2 is 1.97 bits per heavy atom. The Kier molecular flexibility index (Phi) is 7.32. The highest BCUT2D eigenvalue weighted by Crippen LogP contribution is 2.40. The van der Waals surface area contributed by atoms with Gasteiger partial charge in [-0.05, 0) is 69.7 Å². The van der Waals surface area contributed by atoms with Crippen LogP contribution in [0.25, 0.3) is 0 Å². The largest absolute Gasteiger partial charge is 0.479 e. The number of hydrogen-bond donors (Lipinski definition) is 1. The first-order valence-electron chi connectivity index (χ1n) is 9.93. The van der Waals surface area contributed by atoms with Gasteiger partial charge in [0, 0.05) is 9.90 Å². The van der Waals surface area contributed by atoms with Crippen LogP contribution in [0.5, 0.6) is 5.75 Å². The number of esters is 1. The van der Waals surface area contributed by atoms with Gasteiger partial charge in [-0.25, -0.2) is 4.79 Å². The Morgan fingerprint density at radius 1 is 1.23 bits per heavy atom. The summed E-state index contributed by atoms with van der Waals surface area (Å²) in [6.07, 6.45) is 1.64. The maximum absolute atomic E-state index is 12.8. The summed E-state index contributed by atoms with van der Waals surface area (Å²) in [6.45, 7) is 7.44. The Balaban J connectivity index is 1.82. The molecular formula is C22H25Cl2NO4S. The number of thiophene rings is 1. The minimum absolute atomic E-state index is 0.242. The van der Waals surface area contributed by atoms with Gasteiger partial charge in [0.2, 0.25) is 0 Å². The van der Waals surface area contributed by atoms with Crippen LogP contribution >= 0.6 is 34.5 Å². The molecule has 1 aliphatic rings. The summed E-state index contributed by atoms with van der Waals surface area (Å²) >= 11 is 13.5. The average Bonchev–Trinajstić information content (AvgIpc) is 3.00. The fourth-order valence-electron chi connectivity index (χ4n) is 3.36. The number of hydrogen-bond acceptors (Lipinski definition) is 5. The van der Waals surface area contributed by atoms with Crippen LogP contribution in [-0.4, -0.2) is 24.1 Å². The predicted octanol–water partition coefficient (Wildman–Crippen LogP) is 6.15. The first kappa shape index (κ1) is 22.9. The van der Waals surface area contributed by atoms with Gasteiger partial charge in [0.15, 0.2) is 6.10 Å². The number of anilines is 1. The van der Waals surface area contributed by atoms with Crippen molar-refractivity contribution < 1.29 is 19.1 Å². The molecule has 2 atom stereocenters. The molecule has 0 radical (unpaired) electrons. The molecule has 1 aliphatic carbocycles. The van der Waals surface area contributed by atoms with E-state index in [2.05, 4.69) is 12.2 Å². The van der Waals surface area contributed by atoms with E-state index in [9.17, 15) is 9.59 Å². The van der Waals surface area contributed by atoms with E-state index in [0.717, 1.165) is 29.7 Å². The number of carbonyl (C=O) groups excluding carboxylic acids is 2. The predicted molar refractivity (Wildman–Crippen MR) is 121 cm³/mol. The Bertz CT molecular complexity index is 957. The van der Waals surface area contributed by atoms with Crippen molar-refractivity contribution >= 4 is 51.4 Å². The van der Waals surface area contributed by atoms with Gasteiger partial charge in [-0.1, -0.05) is 30.1 Å². The van der Waals surface area contributed by atoms with E-state index in [1.165, 1.54) is 11.3 Å². The molecule has 0 aliphatic heterocycles. The lowest BCUT2D eigenvalue weighted by atomic mass is 9.88. The molecular weight excluding hydrogens is 445 g/mol. The smallest absolute Gasteiger partial charge is 0.341 e. The summed E-state index contributed by atoms with van der Waals surface area (Å²) in [6, 6.07) is 4.81. The van der Waals surface area contributed by atoms with Crippen LogP contribution in [0.15, 0.2) is 18.2 Å². The van der Waals surface area contributed by atoms with Crippen molar-refractivity contribution in [1.29, 1.82) is 0 Å².